The Morgan fingerprint density at radius 2 is 2.38 bits per heavy atom. The minimum Gasteiger partial charge on any atom is -0.380 e. The molecule has 0 radical (unpaired) electrons. The van der Waals surface area contributed by atoms with Gasteiger partial charge in [-0.25, -0.2) is 0 Å². The lowest BCUT2D eigenvalue weighted by Crippen LogP contribution is -2.29. The van der Waals surface area contributed by atoms with E-state index in [1.807, 2.05) is 13.2 Å². The predicted octanol–water partition coefficient (Wildman–Crippen LogP) is 0.901. The predicted molar refractivity (Wildman–Crippen MR) is 86.2 cm³/mol. The molecule has 1 aliphatic rings. The van der Waals surface area contributed by atoms with Gasteiger partial charge in [-0.15, -0.1) is 0 Å². The van der Waals surface area contributed by atoms with Crippen molar-refractivity contribution in [1.29, 1.82) is 0 Å². The van der Waals surface area contributed by atoms with Gasteiger partial charge in [0.15, 0.2) is 5.69 Å². The van der Waals surface area contributed by atoms with E-state index < -0.39 is 0 Å². The van der Waals surface area contributed by atoms with Gasteiger partial charge in [0.25, 0.3) is 5.91 Å². The highest BCUT2D eigenvalue weighted by atomic mass is 16.5. The number of hydrogen-bond donors (Lipinski definition) is 0. The molecule has 1 saturated heterocycles. The number of hydrogen-bond acceptors (Lipinski definition) is 6. The summed E-state index contributed by atoms with van der Waals surface area (Å²) in [6.45, 7) is 2.94. The Kier molecular flexibility index (Phi) is 4.96. The van der Waals surface area contributed by atoms with Gasteiger partial charge in [-0.05, 0) is 6.42 Å². The number of aromatic nitrogens is 3. The molecule has 1 fully saturated rings. The molecule has 0 aromatic carbocycles. The second-order valence-corrected chi connectivity index (χ2v) is 6.21. The van der Waals surface area contributed by atoms with Crippen molar-refractivity contribution >= 4 is 5.91 Å². The molecule has 0 N–H and O–H groups in total. The molecule has 0 spiro atoms. The first-order valence-electron chi connectivity index (χ1n) is 7.99. The van der Waals surface area contributed by atoms with E-state index in [1.54, 1.807) is 29.8 Å². The van der Waals surface area contributed by atoms with Crippen LogP contribution in [0.15, 0.2) is 23.0 Å². The van der Waals surface area contributed by atoms with Crippen molar-refractivity contribution in [3.8, 4) is 0 Å². The van der Waals surface area contributed by atoms with Crippen molar-refractivity contribution in [2.45, 2.75) is 25.6 Å². The van der Waals surface area contributed by atoms with Gasteiger partial charge in [-0.1, -0.05) is 5.16 Å². The normalized spacial score (nSPS) is 18.2. The molecule has 2 aromatic heterocycles. The smallest absolute Gasteiger partial charge is 0.274 e. The number of carbonyl (C=O) groups excluding carboxylic acids is 1. The van der Waals surface area contributed by atoms with Crippen LogP contribution >= 0.6 is 0 Å². The Hall–Kier alpha value is -2.19. The molecule has 0 aliphatic carbocycles. The lowest BCUT2D eigenvalue weighted by Gasteiger charge is -2.17. The highest BCUT2D eigenvalue weighted by Crippen LogP contribution is 2.18. The number of amides is 1. The second-order valence-electron chi connectivity index (χ2n) is 6.21. The van der Waals surface area contributed by atoms with Gasteiger partial charge < -0.3 is 14.2 Å². The standard InChI is InChI=1S/C16H23N5O3/c1-19(10-13-5-7-24-18-13)16(22)15-12(8-20(2)17-15)9-21-6-4-14(11-21)23-3/h5,7-8,14H,4,6,9-11H2,1-3H3. The summed E-state index contributed by atoms with van der Waals surface area (Å²) >= 11 is 0. The third-order valence-corrected chi connectivity index (χ3v) is 4.30. The summed E-state index contributed by atoms with van der Waals surface area (Å²) in [7, 11) is 5.32. The van der Waals surface area contributed by atoms with Crippen LogP contribution in [0.3, 0.4) is 0 Å². The Morgan fingerprint density at radius 3 is 3.04 bits per heavy atom. The van der Waals surface area contributed by atoms with E-state index in [0.717, 1.165) is 25.1 Å². The van der Waals surface area contributed by atoms with Gasteiger partial charge in [0, 0.05) is 58.7 Å². The number of methoxy groups -OCH3 is 1. The van der Waals surface area contributed by atoms with Crippen LogP contribution in [0.1, 0.15) is 28.2 Å². The van der Waals surface area contributed by atoms with E-state index in [1.165, 1.54) is 6.26 Å². The number of carbonyl (C=O) groups is 1. The maximum absolute atomic E-state index is 12.7. The van der Waals surface area contributed by atoms with Gasteiger partial charge in [-0.3, -0.25) is 14.4 Å². The van der Waals surface area contributed by atoms with Crippen LogP contribution in [0.4, 0.5) is 0 Å². The fourth-order valence-electron chi connectivity index (χ4n) is 3.02. The lowest BCUT2D eigenvalue weighted by atomic mass is 10.2. The average molecular weight is 333 g/mol. The van der Waals surface area contributed by atoms with Gasteiger partial charge in [-0.2, -0.15) is 5.10 Å². The molecule has 8 nitrogen and oxygen atoms in total. The minimum atomic E-state index is -0.115. The van der Waals surface area contributed by atoms with Crippen LogP contribution < -0.4 is 0 Å². The number of ether oxygens (including phenoxy) is 1. The summed E-state index contributed by atoms with van der Waals surface area (Å²) in [4.78, 5) is 16.6. The Bertz CT molecular complexity index is 682. The van der Waals surface area contributed by atoms with Crippen LogP contribution in [0.5, 0.6) is 0 Å². The van der Waals surface area contributed by atoms with Gasteiger partial charge >= 0.3 is 0 Å². The van der Waals surface area contributed by atoms with Crippen molar-refractivity contribution in [1.82, 2.24) is 24.7 Å². The summed E-state index contributed by atoms with van der Waals surface area (Å²) in [6.07, 6.45) is 4.71. The molecule has 3 heterocycles. The van der Waals surface area contributed by atoms with E-state index in [-0.39, 0.29) is 12.0 Å². The van der Waals surface area contributed by atoms with E-state index in [0.29, 0.717) is 24.5 Å². The van der Waals surface area contributed by atoms with Crippen LogP contribution in [-0.2, 0) is 24.9 Å². The molecule has 1 aliphatic heterocycles. The third-order valence-electron chi connectivity index (χ3n) is 4.30. The fraction of sp³-hybridized carbons (Fsp3) is 0.562. The third kappa shape index (κ3) is 3.65. The molecule has 0 saturated carbocycles. The second kappa shape index (κ2) is 7.14. The zero-order valence-corrected chi connectivity index (χ0v) is 14.3. The van der Waals surface area contributed by atoms with Crippen molar-refractivity contribution in [2.24, 2.45) is 7.05 Å². The monoisotopic (exact) mass is 333 g/mol. The summed E-state index contributed by atoms with van der Waals surface area (Å²) < 4.78 is 11.9. The molecule has 1 amide bonds. The molecule has 130 valence electrons. The van der Waals surface area contributed by atoms with E-state index >= 15 is 0 Å². The van der Waals surface area contributed by atoms with Crippen molar-refractivity contribution in [2.75, 3.05) is 27.2 Å². The summed E-state index contributed by atoms with van der Waals surface area (Å²) in [5.41, 5.74) is 2.14. The van der Waals surface area contributed by atoms with Crippen molar-refractivity contribution in [3.63, 3.8) is 0 Å². The van der Waals surface area contributed by atoms with E-state index in [9.17, 15) is 4.79 Å². The van der Waals surface area contributed by atoms with E-state index in [4.69, 9.17) is 9.26 Å². The number of rotatable bonds is 6. The first kappa shape index (κ1) is 16.7. The topological polar surface area (TPSA) is 76.6 Å². The maximum Gasteiger partial charge on any atom is 0.274 e. The van der Waals surface area contributed by atoms with Crippen molar-refractivity contribution < 1.29 is 14.1 Å². The molecule has 1 unspecified atom stereocenters. The number of aryl methyl sites for hydroxylation is 1. The van der Waals surface area contributed by atoms with Crippen LogP contribution in [0.2, 0.25) is 0 Å². The van der Waals surface area contributed by atoms with Crippen molar-refractivity contribution in [3.05, 3.63) is 35.5 Å². The largest absolute Gasteiger partial charge is 0.380 e. The summed E-state index contributed by atoms with van der Waals surface area (Å²) in [5, 5.41) is 8.21. The number of nitrogens with zero attached hydrogens (tertiary/aromatic N) is 5. The molecular weight excluding hydrogens is 310 g/mol. The quantitative estimate of drug-likeness (QED) is 0.782. The first-order valence-corrected chi connectivity index (χ1v) is 7.99. The molecule has 2 aromatic rings. The molecule has 1 atom stereocenters. The Balaban J connectivity index is 1.70. The van der Waals surface area contributed by atoms with E-state index in [2.05, 4.69) is 15.2 Å². The molecule has 3 rings (SSSR count). The van der Waals surface area contributed by atoms with Crippen LogP contribution in [-0.4, -0.2) is 64.0 Å². The highest BCUT2D eigenvalue weighted by Gasteiger charge is 2.26. The average Bonchev–Trinajstić information content (AvgIpc) is 3.28. The first-order chi connectivity index (χ1) is 11.6. The SMILES string of the molecule is COC1CCN(Cc2cn(C)nc2C(=O)N(C)Cc2ccon2)C1. The fourth-order valence-corrected chi connectivity index (χ4v) is 3.02. The molecular formula is C16H23N5O3. The maximum atomic E-state index is 12.7. The van der Waals surface area contributed by atoms with Gasteiger partial charge in [0.05, 0.1) is 12.6 Å². The van der Waals surface area contributed by atoms with Crippen LogP contribution in [0.25, 0.3) is 0 Å². The minimum absolute atomic E-state index is 0.115. The highest BCUT2D eigenvalue weighted by molar-refractivity contribution is 5.93. The van der Waals surface area contributed by atoms with Crippen LogP contribution in [0, 0.1) is 0 Å². The lowest BCUT2D eigenvalue weighted by molar-refractivity contribution is 0.0773. The zero-order chi connectivity index (χ0) is 17.1. The molecule has 24 heavy (non-hydrogen) atoms. The molecule has 8 heteroatoms. The molecule has 0 bridgehead atoms. The van der Waals surface area contributed by atoms with Gasteiger partial charge in [0.1, 0.15) is 12.0 Å². The Morgan fingerprint density at radius 1 is 1.54 bits per heavy atom. The van der Waals surface area contributed by atoms with Gasteiger partial charge in [0.2, 0.25) is 0 Å². The zero-order valence-electron chi connectivity index (χ0n) is 14.3. The summed E-state index contributed by atoms with van der Waals surface area (Å²) in [5.74, 6) is -0.115. The Labute approximate surface area is 140 Å². The number of likely N-dealkylation sites (tertiary alicyclic amines) is 1. The summed E-state index contributed by atoms with van der Waals surface area (Å²) in [6, 6.07) is 1.75.